The molecule has 2 aromatic carbocycles. The van der Waals surface area contributed by atoms with Crippen LogP contribution < -0.4 is 0 Å². The van der Waals surface area contributed by atoms with Crippen molar-refractivity contribution in [2.24, 2.45) is 0 Å². The van der Waals surface area contributed by atoms with Gasteiger partial charge in [-0.15, -0.1) is 0 Å². The molecule has 0 aliphatic rings. The van der Waals surface area contributed by atoms with Gasteiger partial charge in [-0.3, -0.25) is 0 Å². The van der Waals surface area contributed by atoms with Crippen LogP contribution >= 0.6 is 11.6 Å². The van der Waals surface area contributed by atoms with Gasteiger partial charge in [-0.2, -0.15) is 0 Å². The second-order valence-corrected chi connectivity index (χ2v) is 3.30. The molecule has 65 valence electrons. The van der Waals surface area contributed by atoms with Gasteiger partial charge in [0.05, 0.1) is 0 Å². The maximum atomic E-state index is 10.8. The van der Waals surface area contributed by atoms with Crippen molar-refractivity contribution in [3.8, 4) is 0 Å². The number of benzene rings is 2. The highest BCUT2D eigenvalue weighted by Crippen LogP contribution is 2.25. The van der Waals surface area contributed by atoms with E-state index >= 15 is 0 Å². The molecule has 0 heterocycles. The van der Waals surface area contributed by atoms with E-state index < -0.39 is 0 Å². The van der Waals surface area contributed by atoms with E-state index in [1.807, 2.05) is 36.4 Å². The molecule has 0 saturated carbocycles. The lowest BCUT2D eigenvalue weighted by Gasteiger charge is -2.03. The fraction of sp³-hybridized carbons (Fsp3) is 0.0909. The Labute approximate surface area is 81.6 Å². The van der Waals surface area contributed by atoms with Crippen LogP contribution in [0.1, 0.15) is 5.56 Å². The fourth-order valence-electron chi connectivity index (χ4n) is 1.46. The molecular formula is C11H8ClO. The van der Waals surface area contributed by atoms with Gasteiger partial charge in [-0.1, -0.05) is 41.9 Å². The Morgan fingerprint density at radius 2 is 1.69 bits per heavy atom. The van der Waals surface area contributed by atoms with Crippen molar-refractivity contribution in [1.82, 2.24) is 0 Å². The van der Waals surface area contributed by atoms with Crippen LogP contribution in [0.5, 0.6) is 0 Å². The van der Waals surface area contributed by atoms with Gasteiger partial charge >= 0.3 is 0 Å². The Kier molecular flexibility index (Phi) is 2.21. The molecule has 0 N–H and O–H groups in total. The maximum Gasteiger partial charge on any atom is 0.108 e. The molecule has 13 heavy (non-hydrogen) atoms. The lowest BCUT2D eigenvalue weighted by atomic mass is 10.1. The van der Waals surface area contributed by atoms with Crippen molar-refractivity contribution >= 4 is 22.4 Å². The van der Waals surface area contributed by atoms with E-state index in [4.69, 9.17) is 11.6 Å². The van der Waals surface area contributed by atoms with Gasteiger partial charge in [0.25, 0.3) is 0 Å². The molecule has 0 aliphatic carbocycles. The molecule has 0 fully saturated rings. The van der Waals surface area contributed by atoms with Crippen LogP contribution in [0.2, 0.25) is 5.02 Å². The molecule has 2 heteroatoms. The lowest BCUT2D eigenvalue weighted by molar-refractivity contribution is 0.179. The second kappa shape index (κ2) is 3.36. The zero-order valence-corrected chi connectivity index (χ0v) is 7.71. The molecule has 0 saturated heterocycles. The van der Waals surface area contributed by atoms with Crippen molar-refractivity contribution in [2.75, 3.05) is 0 Å². The summed E-state index contributed by atoms with van der Waals surface area (Å²) in [5.74, 6) is 0. The Hall–Kier alpha value is -1.05. The summed E-state index contributed by atoms with van der Waals surface area (Å²) in [5.41, 5.74) is 0.806. The Morgan fingerprint density at radius 1 is 1.00 bits per heavy atom. The van der Waals surface area contributed by atoms with Crippen LogP contribution in [0.15, 0.2) is 36.4 Å². The summed E-state index contributed by atoms with van der Waals surface area (Å²) in [6, 6.07) is 11.3. The summed E-state index contributed by atoms with van der Waals surface area (Å²) in [6.07, 6.45) is 0. The largest absolute Gasteiger partial charge is 0.232 e. The molecule has 0 aliphatic heterocycles. The van der Waals surface area contributed by atoms with Crippen molar-refractivity contribution in [2.45, 2.75) is 6.61 Å². The number of fused-ring (bicyclic) bond motifs is 1. The third-order valence-corrected chi connectivity index (χ3v) is 2.44. The summed E-state index contributed by atoms with van der Waals surface area (Å²) < 4.78 is 0. The van der Waals surface area contributed by atoms with Crippen molar-refractivity contribution in [1.29, 1.82) is 0 Å². The predicted octanol–water partition coefficient (Wildman–Crippen LogP) is 3.42. The summed E-state index contributed by atoms with van der Waals surface area (Å²) in [5, 5.41) is 13.4. The zero-order chi connectivity index (χ0) is 9.26. The highest BCUT2D eigenvalue weighted by molar-refractivity contribution is 6.35. The third kappa shape index (κ3) is 1.41. The highest BCUT2D eigenvalue weighted by Gasteiger charge is 2.01. The Bertz CT molecular complexity index is 437. The highest BCUT2D eigenvalue weighted by atomic mass is 35.5. The van der Waals surface area contributed by atoms with Gasteiger partial charge in [-0.05, 0) is 17.0 Å². The van der Waals surface area contributed by atoms with E-state index in [2.05, 4.69) is 0 Å². The first-order chi connectivity index (χ1) is 6.33. The number of hydrogen-bond acceptors (Lipinski definition) is 0. The van der Waals surface area contributed by atoms with Crippen molar-refractivity contribution in [3.05, 3.63) is 47.0 Å². The van der Waals surface area contributed by atoms with E-state index in [0.717, 1.165) is 16.3 Å². The minimum absolute atomic E-state index is 0.197. The fourth-order valence-corrected chi connectivity index (χ4v) is 1.70. The van der Waals surface area contributed by atoms with Crippen LogP contribution in [-0.4, -0.2) is 0 Å². The van der Waals surface area contributed by atoms with Crippen LogP contribution in [0.3, 0.4) is 0 Å². The predicted molar refractivity (Wildman–Crippen MR) is 53.3 cm³/mol. The van der Waals surface area contributed by atoms with Gasteiger partial charge in [-0.25, -0.2) is 5.11 Å². The minimum Gasteiger partial charge on any atom is -0.232 e. The molecule has 0 atom stereocenters. The van der Waals surface area contributed by atoms with E-state index in [1.165, 1.54) is 0 Å². The molecule has 0 spiro atoms. The second-order valence-electron chi connectivity index (χ2n) is 2.90. The summed E-state index contributed by atoms with van der Waals surface area (Å²) in [6.45, 7) is -0.197. The number of halogens is 1. The first-order valence-electron chi connectivity index (χ1n) is 4.07. The van der Waals surface area contributed by atoms with Gasteiger partial charge in [0, 0.05) is 10.4 Å². The van der Waals surface area contributed by atoms with Crippen molar-refractivity contribution in [3.63, 3.8) is 0 Å². The Balaban J connectivity index is 2.84. The number of rotatable bonds is 1. The van der Waals surface area contributed by atoms with Gasteiger partial charge in [0.1, 0.15) is 6.61 Å². The topological polar surface area (TPSA) is 19.9 Å². The van der Waals surface area contributed by atoms with Gasteiger partial charge < -0.3 is 0 Å². The van der Waals surface area contributed by atoms with Crippen LogP contribution in [0.4, 0.5) is 0 Å². The normalized spacial score (nSPS) is 10.6. The maximum absolute atomic E-state index is 10.8. The molecule has 0 amide bonds. The minimum atomic E-state index is -0.197. The summed E-state index contributed by atoms with van der Waals surface area (Å²) in [7, 11) is 0. The third-order valence-electron chi connectivity index (χ3n) is 2.11. The van der Waals surface area contributed by atoms with Crippen LogP contribution in [0.25, 0.3) is 10.8 Å². The molecule has 1 nitrogen and oxygen atoms in total. The van der Waals surface area contributed by atoms with Crippen molar-refractivity contribution < 1.29 is 5.11 Å². The molecule has 1 radical (unpaired) electrons. The monoisotopic (exact) mass is 191 g/mol. The lowest BCUT2D eigenvalue weighted by Crippen LogP contribution is -1.84. The zero-order valence-electron chi connectivity index (χ0n) is 6.96. The van der Waals surface area contributed by atoms with E-state index in [-0.39, 0.29) is 6.61 Å². The molecule has 2 aromatic rings. The average Bonchev–Trinajstić information content (AvgIpc) is 2.18. The molecule has 0 unspecified atom stereocenters. The average molecular weight is 192 g/mol. The smallest absolute Gasteiger partial charge is 0.108 e. The first kappa shape index (κ1) is 8.54. The van der Waals surface area contributed by atoms with E-state index in [1.54, 1.807) is 0 Å². The van der Waals surface area contributed by atoms with Gasteiger partial charge in [0.2, 0.25) is 0 Å². The van der Waals surface area contributed by atoms with E-state index in [9.17, 15) is 5.11 Å². The number of hydrogen-bond donors (Lipinski definition) is 0. The SMILES string of the molecule is [O]Cc1cccc2c(Cl)cccc12. The Morgan fingerprint density at radius 3 is 2.46 bits per heavy atom. The van der Waals surface area contributed by atoms with Crippen LogP contribution in [0, 0.1) is 0 Å². The first-order valence-corrected chi connectivity index (χ1v) is 4.45. The van der Waals surface area contributed by atoms with Gasteiger partial charge in [0.15, 0.2) is 0 Å². The molecule has 0 aromatic heterocycles. The van der Waals surface area contributed by atoms with E-state index in [0.29, 0.717) is 5.02 Å². The molecule has 2 rings (SSSR count). The summed E-state index contributed by atoms with van der Waals surface area (Å²) in [4.78, 5) is 0. The summed E-state index contributed by atoms with van der Waals surface area (Å²) >= 11 is 5.98. The quantitative estimate of drug-likeness (QED) is 0.658. The standard InChI is InChI=1S/C11H8ClO/c12-11-6-2-4-9-8(7-13)3-1-5-10(9)11/h1-6H,7H2. The molecular weight excluding hydrogens is 184 g/mol. The molecule has 0 bridgehead atoms. The van der Waals surface area contributed by atoms with Crippen LogP contribution in [-0.2, 0) is 11.7 Å².